The molecule has 1 atom stereocenters. The van der Waals surface area contributed by atoms with Crippen LogP contribution in [0.1, 0.15) is 17.7 Å². The number of nitrogens with zero attached hydrogens (tertiary/aromatic N) is 2. The van der Waals surface area contributed by atoms with Crippen LogP contribution in [0.4, 0.5) is 5.69 Å². The molecule has 1 saturated heterocycles. The van der Waals surface area contributed by atoms with E-state index in [0.29, 0.717) is 18.0 Å². The maximum absolute atomic E-state index is 12.5. The zero-order chi connectivity index (χ0) is 21.1. The van der Waals surface area contributed by atoms with Crippen LogP contribution in [0.25, 0.3) is 11.3 Å². The van der Waals surface area contributed by atoms with Crippen molar-refractivity contribution >= 4 is 17.6 Å². The molecule has 1 aromatic heterocycles. The molecule has 1 aliphatic heterocycles. The standard InChI is InChI=1S/C23H22N2O5/c1-15-3-7-19(8-4-15)25-13-17(11-22(25)26)23(27)29-14-18-12-21(30-24-18)16-5-9-20(28-2)10-6-16/h3-10,12,17H,11,13-14H2,1-2H3. The number of amides is 1. The normalized spacial score (nSPS) is 16.0. The Balaban J connectivity index is 1.34. The molecule has 0 radical (unpaired) electrons. The number of hydrogen-bond acceptors (Lipinski definition) is 6. The highest BCUT2D eigenvalue weighted by atomic mass is 16.5. The van der Waals surface area contributed by atoms with Gasteiger partial charge in [-0.1, -0.05) is 22.9 Å². The molecule has 0 bridgehead atoms. The number of esters is 1. The van der Waals surface area contributed by atoms with Gasteiger partial charge in [-0.3, -0.25) is 9.59 Å². The van der Waals surface area contributed by atoms with Gasteiger partial charge in [0.05, 0.1) is 13.0 Å². The number of benzene rings is 2. The van der Waals surface area contributed by atoms with Gasteiger partial charge in [-0.15, -0.1) is 0 Å². The van der Waals surface area contributed by atoms with E-state index in [0.717, 1.165) is 22.6 Å². The molecule has 2 heterocycles. The lowest BCUT2D eigenvalue weighted by atomic mass is 10.1. The lowest BCUT2D eigenvalue weighted by Crippen LogP contribution is -2.26. The fraction of sp³-hybridized carbons (Fsp3) is 0.261. The number of anilines is 1. The van der Waals surface area contributed by atoms with Gasteiger partial charge in [-0.05, 0) is 43.3 Å². The molecule has 7 nitrogen and oxygen atoms in total. The van der Waals surface area contributed by atoms with E-state index in [9.17, 15) is 9.59 Å². The maximum atomic E-state index is 12.5. The van der Waals surface area contributed by atoms with Gasteiger partial charge in [0.15, 0.2) is 5.76 Å². The van der Waals surface area contributed by atoms with Gasteiger partial charge in [-0.25, -0.2) is 0 Å². The van der Waals surface area contributed by atoms with Gasteiger partial charge in [-0.2, -0.15) is 0 Å². The van der Waals surface area contributed by atoms with E-state index in [1.807, 2.05) is 55.5 Å². The highest BCUT2D eigenvalue weighted by molar-refractivity contribution is 5.99. The number of aryl methyl sites for hydroxylation is 1. The lowest BCUT2D eigenvalue weighted by molar-refractivity contribution is -0.149. The predicted molar refractivity (Wildman–Crippen MR) is 110 cm³/mol. The Bertz CT molecular complexity index is 1040. The molecule has 1 aliphatic rings. The van der Waals surface area contributed by atoms with Crippen LogP contribution in [0.2, 0.25) is 0 Å². The van der Waals surface area contributed by atoms with E-state index >= 15 is 0 Å². The summed E-state index contributed by atoms with van der Waals surface area (Å²) in [6.07, 6.45) is 0.141. The average molecular weight is 406 g/mol. The van der Waals surface area contributed by atoms with Gasteiger partial charge < -0.3 is 18.9 Å². The summed E-state index contributed by atoms with van der Waals surface area (Å²) < 4.78 is 15.9. The van der Waals surface area contributed by atoms with Crippen LogP contribution in [0.3, 0.4) is 0 Å². The molecule has 0 N–H and O–H groups in total. The van der Waals surface area contributed by atoms with Crippen LogP contribution in [0.5, 0.6) is 5.75 Å². The molecular formula is C23H22N2O5. The van der Waals surface area contributed by atoms with Crippen molar-refractivity contribution in [1.82, 2.24) is 5.16 Å². The van der Waals surface area contributed by atoms with Gasteiger partial charge in [0.25, 0.3) is 0 Å². The Kier molecular flexibility index (Phi) is 5.52. The van der Waals surface area contributed by atoms with Crippen LogP contribution in [0.15, 0.2) is 59.1 Å². The fourth-order valence-corrected chi connectivity index (χ4v) is 3.37. The van der Waals surface area contributed by atoms with Crippen molar-refractivity contribution in [3.8, 4) is 17.1 Å². The number of hydrogen-bond donors (Lipinski definition) is 0. The Morgan fingerprint density at radius 1 is 1.17 bits per heavy atom. The lowest BCUT2D eigenvalue weighted by Gasteiger charge is -2.16. The summed E-state index contributed by atoms with van der Waals surface area (Å²) in [6.45, 7) is 2.30. The first kappa shape index (κ1) is 19.7. The molecule has 1 fully saturated rings. The molecule has 1 amide bonds. The van der Waals surface area contributed by atoms with Crippen molar-refractivity contribution in [2.45, 2.75) is 20.0 Å². The number of rotatable bonds is 6. The zero-order valence-corrected chi connectivity index (χ0v) is 16.8. The predicted octanol–water partition coefficient (Wildman–Crippen LogP) is 3.75. The minimum absolute atomic E-state index is 0.00624. The molecule has 30 heavy (non-hydrogen) atoms. The highest BCUT2D eigenvalue weighted by Crippen LogP contribution is 2.27. The molecule has 3 aromatic rings. The van der Waals surface area contributed by atoms with Crippen molar-refractivity contribution in [3.63, 3.8) is 0 Å². The summed E-state index contributed by atoms with van der Waals surface area (Å²) in [7, 11) is 1.60. The molecule has 7 heteroatoms. The van der Waals surface area contributed by atoms with Crippen LogP contribution in [-0.4, -0.2) is 30.7 Å². The van der Waals surface area contributed by atoms with E-state index in [1.54, 1.807) is 18.1 Å². The second kappa shape index (κ2) is 8.41. The van der Waals surface area contributed by atoms with E-state index in [2.05, 4.69) is 5.16 Å². The molecule has 2 aromatic carbocycles. The Hall–Kier alpha value is -3.61. The van der Waals surface area contributed by atoms with E-state index in [-0.39, 0.29) is 18.9 Å². The van der Waals surface area contributed by atoms with E-state index < -0.39 is 11.9 Å². The molecule has 0 spiro atoms. The minimum atomic E-state index is -0.494. The smallest absolute Gasteiger partial charge is 0.311 e. The summed E-state index contributed by atoms with van der Waals surface area (Å²) in [5.74, 6) is 0.339. The molecule has 0 saturated carbocycles. The summed E-state index contributed by atoms with van der Waals surface area (Å²) in [5.41, 5.74) is 3.26. The van der Waals surface area contributed by atoms with Crippen molar-refractivity contribution in [1.29, 1.82) is 0 Å². The zero-order valence-electron chi connectivity index (χ0n) is 16.8. The maximum Gasteiger partial charge on any atom is 0.311 e. The van der Waals surface area contributed by atoms with Crippen molar-refractivity contribution in [3.05, 3.63) is 65.9 Å². The topological polar surface area (TPSA) is 81.9 Å². The summed E-state index contributed by atoms with van der Waals surface area (Å²) in [6, 6.07) is 16.8. The van der Waals surface area contributed by atoms with Crippen molar-refractivity contribution < 1.29 is 23.6 Å². The first-order chi connectivity index (χ1) is 14.5. The Labute approximate surface area is 174 Å². The van der Waals surface area contributed by atoms with Gasteiger partial charge in [0.1, 0.15) is 18.1 Å². The second-order valence-electron chi connectivity index (χ2n) is 7.26. The Morgan fingerprint density at radius 3 is 2.60 bits per heavy atom. The monoisotopic (exact) mass is 406 g/mol. The van der Waals surface area contributed by atoms with Crippen LogP contribution < -0.4 is 9.64 Å². The van der Waals surface area contributed by atoms with Gasteiger partial charge in [0.2, 0.25) is 5.91 Å². The number of methoxy groups -OCH3 is 1. The van der Waals surface area contributed by atoms with Crippen LogP contribution in [0, 0.1) is 12.8 Å². The molecule has 1 unspecified atom stereocenters. The number of carbonyl (C=O) groups excluding carboxylic acids is 2. The minimum Gasteiger partial charge on any atom is -0.497 e. The summed E-state index contributed by atoms with van der Waals surface area (Å²) >= 11 is 0. The van der Waals surface area contributed by atoms with Gasteiger partial charge >= 0.3 is 5.97 Å². The van der Waals surface area contributed by atoms with Crippen molar-refractivity contribution in [2.24, 2.45) is 5.92 Å². The molecule has 154 valence electrons. The quantitative estimate of drug-likeness (QED) is 0.580. The number of ether oxygens (including phenoxy) is 2. The van der Waals surface area contributed by atoms with Gasteiger partial charge in [0, 0.05) is 30.3 Å². The third-order valence-corrected chi connectivity index (χ3v) is 5.10. The third-order valence-electron chi connectivity index (χ3n) is 5.10. The summed E-state index contributed by atoms with van der Waals surface area (Å²) in [5, 5.41) is 3.96. The first-order valence-corrected chi connectivity index (χ1v) is 9.67. The first-order valence-electron chi connectivity index (χ1n) is 9.67. The van der Waals surface area contributed by atoms with Crippen LogP contribution in [-0.2, 0) is 20.9 Å². The third kappa shape index (κ3) is 4.20. The highest BCUT2D eigenvalue weighted by Gasteiger charge is 2.36. The van der Waals surface area contributed by atoms with Crippen LogP contribution >= 0.6 is 0 Å². The Morgan fingerprint density at radius 2 is 1.90 bits per heavy atom. The van der Waals surface area contributed by atoms with E-state index in [1.165, 1.54) is 0 Å². The molecular weight excluding hydrogens is 384 g/mol. The average Bonchev–Trinajstić information content (AvgIpc) is 3.40. The number of carbonyl (C=O) groups is 2. The SMILES string of the molecule is COc1ccc(-c2cc(COC(=O)C3CC(=O)N(c4ccc(C)cc4)C3)no2)cc1. The molecule has 0 aliphatic carbocycles. The number of aromatic nitrogens is 1. The van der Waals surface area contributed by atoms with E-state index in [4.69, 9.17) is 14.0 Å². The molecule has 4 rings (SSSR count). The summed E-state index contributed by atoms with van der Waals surface area (Å²) in [4.78, 5) is 26.4. The largest absolute Gasteiger partial charge is 0.497 e. The second-order valence-corrected chi connectivity index (χ2v) is 7.26. The fourth-order valence-electron chi connectivity index (χ4n) is 3.37. The van der Waals surface area contributed by atoms with Crippen molar-refractivity contribution in [2.75, 3.05) is 18.6 Å².